The Morgan fingerprint density at radius 3 is 2.61 bits per heavy atom. The highest BCUT2D eigenvalue weighted by Crippen LogP contribution is 2.33. The Labute approximate surface area is 166 Å². The van der Waals surface area contributed by atoms with Crippen molar-refractivity contribution in [3.8, 4) is 0 Å². The quantitative estimate of drug-likeness (QED) is 0.742. The zero-order valence-corrected chi connectivity index (χ0v) is 16.9. The summed E-state index contributed by atoms with van der Waals surface area (Å²) < 4.78 is 22.5. The Bertz CT molecular complexity index is 926. The van der Waals surface area contributed by atoms with E-state index in [1.807, 2.05) is 7.05 Å². The molecule has 6 nitrogen and oxygen atoms in total. The van der Waals surface area contributed by atoms with Gasteiger partial charge in [-0.3, -0.25) is 9.69 Å². The van der Waals surface area contributed by atoms with Crippen LogP contribution in [0.4, 0.5) is 0 Å². The molecule has 0 heterocycles. The molecule has 28 heavy (non-hydrogen) atoms. The van der Waals surface area contributed by atoms with Crippen LogP contribution in [0.15, 0.2) is 53.4 Å². The highest BCUT2D eigenvalue weighted by molar-refractivity contribution is 7.89. The molecule has 0 radical (unpaired) electrons. The zero-order chi connectivity index (χ0) is 20.1. The molecule has 1 atom stereocenters. The lowest BCUT2D eigenvalue weighted by atomic mass is 9.87. The minimum atomic E-state index is -3.67. The van der Waals surface area contributed by atoms with Gasteiger partial charge in [0.15, 0.2) is 0 Å². The summed E-state index contributed by atoms with van der Waals surface area (Å²) in [7, 11) is -1.68. The molecule has 3 rings (SSSR count). The molecule has 7 heteroatoms. The van der Waals surface area contributed by atoms with E-state index in [0.29, 0.717) is 19.5 Å². The predicted molar refractivity (Wildman–Crippen MR) is 109 cm³/mol. The molecule has 0 fully saturated rings. The average Bonchev–Trinajstić information content (AvgIpc) is 2.67. The molecule has 3 N–H and O–H groups in total. The lowest BCUT2D eigenvalue weighted by Gasteiger charge is -2.32. The van der Waals surface area contributed by atoms with Crippen LogP contribution in [0.3, 0.4) is 0 Å². The van der Waals surface area contributed by atoms with Gasteiger partial charge in [0.1, 0.15) is 0 Å². The first-order valence-corrected chi connectivity index (χ1v) is 11.1. The second kappa shape index (κ2) is 8.86. The van der Waals surface area contributed by atoms with Crippen molar-refractivity contribution in [2.24, 2.45) is 5.14 Å². The average molecular weight is 402 g/mol. The van der Waals surface area contributed by atoms with Crippen molar-refractivity contribution in [2.75, 3.05) is 20.1 Å². The number of rotatable bonds is 7. The largest absolute Gasteiger partial charge is 0.355 e. The van der Waals surface area contributed by atoms with Gasteiger partial charge in [-0.2, -0.15) is 0 Å². The SMILES string of the molecule is CN(CC(=O)NCCc1ccc(S(N)(=O)=O)cc1)C1CCCc2ccccc21. The standard InChI is InChI=1S/C21H27N3O3S/c1-24(20-8-4-6-17-5-2-3-7-19(17)20)15-21(25)23-14-13-16-9-11-18(12-10-16)28(22,26)27/h2-3,5,7,9-12,20H,4,6,8,13-15H2,1H3,(H,23,25)(H2,22,26,27). The fourth-order valence-corrected chi connectivity index (χ4v) is 4.29. The number of nitrogens with zero attached hydrogens (tertiary/aromatic N) is 1. The van der Waals surface area contributed by atoms with E-state index < -0.39 is 10.0 Å². The number of sulfonamides is 1. The first-order chi connectivity index (χ1) is 13.3. The van der Waals surface area contributed by atoms with Crippen LogP contribution >= 0.6 is 0 Å². The van der Waals surface area contributed by atoms with Crippen molar-refractivity contribution >= 4 is 15.9 Å². The number of nitrogens with one attached hydrogen (secondary N) is 1. The van der Waals surface area contributed by atoms with Gasteiger partial charge < -0.3 is 5.32 Å². The van der Waals surface area contributed by atoms with Gasteiger partial charge in [-0.15, -0.1) is 0 Å². The molecular formula is C21H27N3O3S. The highest BCUT2D eigenvalue weighted by Gasteiger charge is 2.24. The summed E-state index contributed by atoms with van der Waals surface area (Å²) in [6, 6.07) is 15.2. The topological polar surface area (TPSA) is 92.5 Å². The monoisotopic (exact) mass is 401 g/mol. The molecule has 1 aliphatic rings. The van der Waals surface area contributed by atoms with Crippen molar-refractivity contribution in [1.82, 2.24) is 10.2 Å². The van der Waals surface area contributed by atoms with Crippen LogP contribution in [0.5, 0.6) is 0 Å². The Hall–Kier alpha value is -2.22. The minimum absolute atomic E-state index is 0.00768. The summed E-state index contributed by atoms with van der Waals surface area (Å²) in [5.41, 5.74) is 3.66. The van der Waals surface area contributed by atoms with E-state index in [1.54, 1.807) is 12.1 Å². The Kier molecular flexibility index (Phi) is 6.49. The van der Waals surface area contributed by atoms with Crippen LogP contribution in [0.25, 0.3) is 0 Å². The van der Waals surface area contributed by atoms with Gasteiger partial charge in [0.05, 0.1) is 11.4 Å². The van der Waals surface area contributed by atoms with Crippen LogP contribution in [-0.2, 0) is 27.7 Å². The van der Waals surface area contributed by atoms with Crippen LogP contribution < -0.4 is 10.5 Å². The third kappa shape index (κ3) is 5.19. The van der Waals surface area contributed by atoms with Crippen molar-refractivity contribution in [2.45, 2.75) is 36.6 Å². The molecule has 0 saturated heterocycles. The molecule has 0 saturated carbocycles. The lowest BCUT2D eigenvalue weighted by molar-refractivity contribution is -0.122. The van der Waals surface area contributed by atoms with E-state index in [-0.39, 0.29) is 16.8 Å². The first kappa shape index (κ1) is 20.5. The number of carbonyl (C=O) groups excluding carboxylic acids is 1. The number of primary sulfonamides is 1. The summed E-state index contributed by atoms with van der Waals surface area (Å²) in [5.74, 6) is -0.00768. The third-order valence-electron chi connectivity index (χ3n) is 5.25. The molecular weight excluding hydrogens is 374 g/mol. The number of aryl methyl sites for hydroxylation is 1. The fraction of sp³-hybridized carbons (Fsp3) is 0.381. The van der Waals surface area contributed by atoms with Crippen LogP contribution in [0.2, 0.25) is 0 Å². The molecule has 1 aliphatic carbocycles. The third-order valence-corrected chi connectivity index (χ3v) is 6.18. The van der Waals surface area contributed by atoms with Crippen molar-refractivity contribution < 1.29 is 13.2 Å². The molecule has 0 bridgehead atoms. The van der Waals surface area contributed by atoms with Gasteiger partial charge in [-0.25, -0.2) is 13.6 Å². The van der Waals surface area contributed by atoms with Gasteiger partial charge in [0.25, 0.3) is 0 Å². The summed E-state index contributed by atoms with van der Waals surface area (Å²) in [5, 5.41) is 8.04. The van der Waals surface area contributed by atoms with Gasteiger partial charge in [0.2, 0.25) is 15.9 Å². The molecule has 150 valence electrons. The number of hydrogen-bond donors (Lipinski definition) is 2. The van der Waals surface area contributed by atoms with E-state index in [0.717, 1.165) is 24.8 Å². The summed E-state index contributed by atoms with van der Waals surface area (Å²) >= 11 is 0. The maximum Gasteiger partial charge on any atom is 0.238 e. The van der Waals surface area contributed by atoms with Crippen LogP contribution in [-0.4, -0.2) is 39.4 Å². The molecule has 0 aliphatic heterocycles. The molecule has 0 spiro atoms. The molecule has 0 aromatic heterocycles. The van der Waals surface area contributed by atoms with Gasteiger partial charge in [-0.05, 0) is 61.6 Å². The Morgan fingerprint density at radius 2 is 1.89 bits per heavy atom. The van der Waals surface area contributed by atoms with Crippen molar-refractivity contribution in [1.29, 1.82) is 0 Å². The fourth-order valence-electron chi connectivity index (χ4n) is 3.77. The smallest absolute Gasteiger partial charge is 0.238 e. The summed E-state index contributed by atoms with van der Waals surface area (Å²) in [4.78, 5) is 14.5. The lowest BCUT2D eigenvalue weighted by Crippen LogP contribution is -2.38. The summed E-state index contributed by atoms with van der Waals surface area (Å²) in [6.45, 7) is 0.853. The predicted octanol–water partition coefficient (Wildman–Crippen LogP) is 2.00. The molecule has 1 unspecified atom stereocenters. The normalized spacial score (nSPS) is 16.6. The zero-order valence-electron chi connectivity index (χ0n) is 16.1. The van der Waals surface area contributed by atoms with E-state index >= 15 is 0 Å². The number of fused-ring (bicyclic) bond motifs is 1. The number of benzene rings is 2. The van der Waals surface area contributed by atoms with Crippen molar-refractivity contribution in [3.05, 3.63) is 65.2 Å². The second-order valence-electron chi connectivity index (χ2n) is 7.31. The van der Waals surface area contributed by atoms with Crippen molar-refractivity contribution in [3.63, 3.8) is 0 Å². The van der Waals surface area contributed by atoms with Crippen LogP contribution in [0.1, 0.15) is 35.6 Å². The van der Waals surface area contributed by atoms with Gasteiger partial charge >= 0.3 is 0 Å². The second-order valence-corrected chi connectivity index (χ2v) is 8.87. The van der Waals surface area contributed by atoms with E-state index in [2.05, 4.69) is 34.5 Å². The minimum Gasteiger partial charge on any atom is -0.355 e. The maximum atomic E-state index is 12.3. The number of hydrogen-bond acceptors (Lipinski definition) is 4. The number of nitrogens with two attached hydrogens (primary N) is 1. The Morgan fingerprint density at radius 1 is 1.18 bits per heavy atom. The summed E-state index contributed by atoms with van der Waals surface area (Å²) in [6.07, 6.45) is 3.95. The number of amides is 1. The van der Waals surface area contributed by atoms with E-state index in [4.69, 9.17) is 5.14 Å². The number of likely N-dealkylation sites (N-methyl/N-ethyl adjacent to an activating group) is 1. The first-order valence-electron chi connectivity index (χ1n) is 9.51. The highest BCUT2D eigenvalue weighted by atomic mass is 32.2. The Balaban J connectivity index is 1.48. The molecule has 1 amide bonds. The number of carbonyl (C=O) groups is 1. The van der Waals surface area contributed by atoms with E-state index in [1.165, 1.54) is 23.3 Å². The van der Waals surface area contributed by atoms with Gasteiger partial charge in [0, 0.05) is 12.6 Å². The van der Waals surface area contributed by atoms with Gasteiger partial charge in [-0.1, -0.05) is 36.4 Å². The maximum absolute atomic E-state index is 12.3. The van der Waals surface area contributed by atoms with Crippen LogP contribution in [0, 0.1) is 0 Å². The van der Waals surface area contributed by atoms with E-state index in [9.17, 15) is 13.2 Å². The molecule has 2 aromatic rings. The molecule has 2 aromatic carbocycles.